The number of rotatable bonds is 5. The van der Waals surface area contributed by atoms with Crippen molar-refractivity contribution in [2.75, 3.05) is 7.11 Å². The molecule has 0 aliphatic rings. The third kappa shape index (κ3) is 6.11. The zero-order valence-corrected chi connectivity index (χ0v) is 18.5. The second-order valence-electron chi connectivity index (χ2n) is 6.66. The molecule has 0 amide bonds. The molecule has 0 spiro atoms. The average Bonchev–Trinajstić information content (AvgIpc) is 3.22. The summed E-state index contributed by atoms with van der Waals surface area (Å²) in [7, 11) is 1.63. The summed E-state index contributed by atoms with van der Waals surface area (Å²) in [6.07, 6.45) is -2.66. The van der Waals surface area contributed by atoms with Gasteiger partial charge >= 0.3 is 6.18 Å². The third-order valence-corrected chi connectivity index (χ3v) is 5.10. The molecule has 0 unspecified atom stereocenters. The highest BCUT2D eigenvalue weighted by Gasteiger charge is 2.30. The quantitative estimate of drug-likeness (QED) is 0.267. The van der Waals surface area contributed by atoms with E-state index in [0.29, 0.717) is 23.3 Å². The minimum atomic E-state index is -4.33. The Kier molecular flexibility index (Phi) is 7.94. The maximum absolute atomic E-state index is 12.4. The fraction of sp³-hybridized carbons (Fsp3) is 0.167. The SMILES string of the molecule is COc1ccc2c(CCl)coc2c1.FC(F)(F)c1ccc(Oc2ccc(CCl)cc2)cc1. The van der Waals surface area contributed by atoms with E-state index in [4.69, 9.17) is 37.1 Å². The van der Waals surface area contributed by atoms with Crippen molar-refractivity contribution in [3.05, 3.63) is 89.7 Å². The molecule has 3 nitrogen and oxygen atoms in total. The highest BCUT2D eigenvalue weighted by Crippen LogP contribution is 2.31. The molecule has 3 aromatic carbocycles. The minimum Gasteiger partial charge on any atom is -0.497 e. The Morgan fingerprint density at radius 3 is 1.94 bits per heavy atom. The Hall–Kier alpha value is -2.83. The van der Waals surface area contributed by atoms with Crippen LogP contribution in [0.1, 0.15) is 16.7 Å². The number of halogens is 5. The standard InChI is InChI=1S/C14H10ClF3O.C10H9ClO2/c15-9-10-1-5-12(6-2-10)19-13-7-3-11(4-8-13)14(16,17)18;1-12-8-2-3-9-7(5-11)6-13-10(9)4-8/h1-8H,9H2;2-4,6H,5H2,1H3. The maximum atomic E-state index is 12.4. The van der Waals surface area contributed by atoms with Gasteiger partial charge < -0.3 is 13.9 Å². The van der Waals surface area contributed by atoms with Gasteiger partial charge in [0.05, 0.1) is 24.8 Å². The van der Waals surface area contributed by atoms with Crippen LogP contribution in [0.5, 0.6) is 17.2 Å². The van der Waals surface area contributed by atoms with E-state index in [2.05, 4.69) is 0 Å². The van der Waals surface area contributed by atoms with E-state index in [9.17, 15) is 13.2 Å². The maximum Gasteiger partial charge on any atom is 0.416 e. The first kappa shape index (κ1) is 23.8. The van der Waals surface area contributed by atoms with E-state index in [1.54, 1.807) is 37.6 Å². The van der Waals surface area contributed by atoms with E-state index in [1.807, 2.05) is 18.2 Å². The van der Waals surface area contributed by atoms with Crippen LogP contribution in [0.3, 0.4) is 0 Å². The Balaban J connectivity index is 0.000000193. The number of alkyl halides is 5. The van der Waals surface area contributed by atoms with Gasteiger partial charge in [-0.3, -0.25) is 0 Å². The predicted octanol–water partition coefficient (Wildman–Crippen LogP) is 8.42. The normalized spacial score (nSPS) is 11.1. The lowest BCUT2D eigenvalue weighted by Gasteiger charge is -2.09. The van der Waals surface area contributed by atoms with Gasteiger partial charge in [-0.05, 0) is 54.1 Å². The molecule has 0 saturated heterocycles. The van der Waals surface area contributed by atoms with Gasteiger partial charge in [0.15, 0.2) is 0 Å². The minimum absolute atomic E-state index is 0.353. The van der Waals surface area contributed by atoms with Gasteiger partial charge in [0.25, 0.3) is 0 Å². The van der Waals surface area contributed by atoms with E-state index in [-0.39, 0.29) is 0 Å². The van der Waals surface area contributed by atoms with Gasteiger partial charge in [-0.1, -0.05) is 12.1 Å². The number of fused-ring (bicyclic) bond motifs is 1. The molecule has 8 heteroatoms. The van der Waals surface area contributed by atoms with Crippen LogP contribution in [0.15, 0.2) is 77.4 Å². The zero-order chi connectivity index (χ0) is 23.1. The van der Waals surface area contributed by atoms with Crippen molar-refractivity contribution in [3.8, 4) is 17.2 Å². The summed E-state index contributed by atoms with van der Waals surface area (Å²) in [6.45, 7) is 0. The lowest BCUT2D eigenvalue weighted by molar-refractivity contribution is -0.137. The fourth-order valence-corrected chi connectivity index (χ4v) is 3.17. The number of benzene rings is 3. The van der Waals surface area contributed by atoms with Gasteiger partial charge in [0.2, 0.25) is 0 Å². The zero-order valence-electron chi connectivity index (χ0n) is 17.0. The summed E-state index contributed by atoms with van der Waals surface area (Å²) in [6, 6.07) is 17.3. The van der Waals surface area contributed by atoms with Gasteiger partial charge in [-0.2, -0.15) is 13.2 Å². The number of hydrogen-bond acceptors (Lipinski definition) is 3. The Morgan fingerprint density at radius 2 is 1.41 bits per heavy atom. The smallest absolute Gasteiger partial charge is 0.416 e. The molecule has 0 radical (unpaired) electrons. The number of hydrogen-bond donors (Lipinski definition) is 0. The van der Waals surface area contributed by atoms with Gasteiger partial charge in [-0.15, -0.1) is 23.2 Å². The topological polar surface area (TPSA) is 31.6 Å². The molecule has 0 aliphatic carbocycles. The van der Waals surface area contributed by atoms with Crippen LogP contribution in [-0.4, -0.2) is 7.11 Å². The highest BCUT2D eigenvalue weighted by molar-refractivity contribution is 6.18. The van der Waals surface area contributed by atoms with E-state index >= 15 is 0 Å². The largest absolute Gasteiger partial charge is 0.497 e. The number of methoxy groups -OCH3 is 1. The average molecular weight is 483 g/mol. The Morgan fingerprint density at radius 1 is 0.812 bits per heavy atom. The molecule has 168 valence electrons. The molecule has 0 atom stereocenters. The van der Waals surface area contributed by atoms with Crippen molar-refractivity contribution in [3.63, 3.8) is 0 Å². The molecule has 1 aromatic heterocycles. The molecule has 32 heavy (non-hydrogen) atoms. The van der Waals surface area contributed by atoms with Crippen molar-refractivity contribution in [1.29, 1.82) is 0 Å². The number of furan rings is 1. The van der Waals surface area contributed by atoms with Crippen LogP contribution < -0.4 is 9.47 Å². The summed E-state index contributed by atoms with van der Waals surface area (Å²) in [4.78, 5) is 0. The molecule has 4 rings (SSSR count). The molecule has 4 aromatic rings. The van der Waals surface area contributed by atoms with Crippen molar-refractivity contribution in [2.45, 2.75) is 17.9 Å². The third-order valence-electron chi connectivity index (χ3n) is 4.50. The van der Waals surface area contributed by atoms with Crippen molar-refractivity contribution in [2.24, 2.45) is 0 Å². The first-order chi connectivity index (χ1) is 15.3. The molecule has 0 fully saturated rings. The summed E-state index contributed by atoms with van der Waals surface area (Å²) in [5, 5.41) is 1.05. The molecule has 0 saturated carbocycles. The van der Waals surface area contributed by atoms with Crippen molar-refractivity contribution in [1.82, 2.24) is 0 Å². The molecule has 0 bridgehead atoms. The lowest BCUT2D eigenvalue weighted by atomic mass is 10.2. The summed E-state index contributed by atoms with van der Waals surface area (Å²) in [5.74, 6) is 2.57. The van der Waals surface area contributed by atoms with Gasteiger partial charge in [0, 0.05) is 22.9 Å². The second-order valence-corrected chi connectivity index (χ2v) is 7.19. The molecular weight excluding hydrogens is 464 g/mol. The van der Waals surface area contributed by atoms with Crippen LogP contribution in [0, 0.1) is 0 Å². The first-order valence-corrected chi connectivity index (χ1v) is 10.5. The van der Waals surface area contributed by atoms with Crippen LogP contribution in [0.2, 0.25) is 0 Å². The Labute approximate surface area is 193 Å². The second kappa shape index (κ2) is 10.7. The molecular formula is C24H19Cl2F3O3. The fourth-order valence-electron chi connectivity index (χ4n) is 2.79. The van der Waals surface area contributed by atoms with Crippen LogP contribution >= 0.6 is 23.2 Å². The van der Waals surface area contributed by atoms with E-state index in [0.717, 1.165) is 40.0 Å². The Bertz CT molecular complexity index is 1140. The monoisotopic (exact) mass is 482 g/mol. The summed E-state index contributed by atoms with van der Waals surface area (Å²) < 4.78 is 53.0. The molecule has 1 heterocycles. The van der Waals surface area contributed by atoms with Crippen LogP contribution in [0.25, 0.3) is 11.0 Å². The van der Waals surface area contributed by atoms with Crippen molar-refractivity contribution < 1.29 is 27.1 Å². The van der Waals surface area contributed by atoms with Crippen molar-refractivity contribution >= 4 is 34.2 Å². The molecule has 0 N–H and O–H groups in total. The highest BCUT2D eigenvalue weighted by atomic mass is 35.5. The first-order valence-electron chi connectivity index (χ1n) is 9.44. The van der Waals surface area contributed by atoms with Crippen LogP contribution in [-0.2, 0) is 17.9 Å². The molecule has 0 aliphatic heterocycles. The van der Waals surface area contributed by atoms with Gasteiger partial charge in [-0.25, -0.2) is 0 Å². The van der Waals surface area contributed by atoms with Crippen LogP contribution in [0.4, 0.5) is 13.2 Å². The van der Waals surface area contributed by atoms with E-state index < -0.39 is 11.7 Å². The number of ether oxygens (including phenoxy) is 2. The summed E-state index contributed by atoms with van der Waals surface area (Å²) in [5.41, 5.74) is 2.08. The predicted molar refractivity (Wildman–Crippen MR) is 120 cm³/mol. The summed E-state index contributed by atoms with van der Waals surface area (Å²) >= 11 is 11.4. The van der Waals surface area contributed by atoms with E-state index in [1.165, 1.54) is 12.1 Å². The lowest BCUT2D eigenvalue weighted by Crippen LogP contribution is -2.03. The van der Waals surface area contributed by atoms with Gasteiger partial charge in [0.1, 0.15) is 22.8 Å².